The Bertz CT molecular complexity index is 642. The number of aromatic nitrogens is 2. The lowest BCUT2D eigenvalue weighted by Crippen LogP contribution is -2.39. The minimum Gasteiger partial charge on any atom is -0.497 e. The summed E-state index contributed by atoms with van der Waals surface area (Å²) in [4.78, 5) is 4.22. The summed E-state index contributed by atoms with van der Waals surface area (Å²) in [7, 11) is 3.40. The molecule has 130 valence electrons. The first-order valence-corrected chi connectivity index (χ1v) is 8.35. The molecule has 2 rings (SSSR count). The van der Waals surface area contributed by atoms with Crippen LogP contribution in [0.15, 0.2) is 41.7 Å². The average Bonchev–Trinajstić information content (AvgIpc) is 3.11. The summed E-state index contributed by atoms with van der Waals surface area (Å²) >= 11 is 6.25. The van der Waals surface area contributed by atoms with Crippen LogP contribution in [0.2, 0.25) is 5.02 Å². The average molecular weight is 350 g/mol. The van der Waals surface area contributed by atoms with E-state index in [0.29, 0.717) is 0 Å². The standard InChI is InChI=1S/C17H24ClN5O/c1-19-17(20-8-3-11-23-12-4-9-22-23)21-10-7-14-5-6-15(24-2)13-16(14)18/h4-6,9,12-13H,3,7-8,10-11H2,1-2H3,(H2,19,20,21). The zero-order chi connectivity index (χ0) is 17.2. The van der Waals surface area contributed by atoms with Crippen molar-refractivity contribution in [2.45, 2.75) is 19.4 Å². The first-order valence-electron chi connectivity index (χ1n) is 7.97. The smallest absolute Gasteiger partial charge is 0.190 e. The van der Waals surface area contributed by atoms with E-state index in [4.69, 9.17) is 16.3 Å². The van der Waals surface area contributed by atoms with E-state index in [-0.39, 0.29) is 0 Å². The Hall–Kier alpha value is -2.21. The minimum atomic E-state index is 0.721. The number of methoxy groups -OCH3 is 1. The molecule has 0 fully saturated rings. The van der Waals surface area contributed by atoms with Crippen molar-refractivity contribution >= 4 is 17.6 Å². The summed E-state index contributed by atoms with van der Waals surface area (Å²) in [5, 5.41) is 11.5. The van der Waals surface area contributed by atoms with Gasteiger partial charge in [0.1, 0.15) is 5.75 Å². The highest BCUT2D eigenvalue weighted by molar-refractivity contribution is 6.31. The third-order valence-corrected chi connectivity index (χ3v) is 3.94. The normalized spacial score (nSPS) is 11.4. The first-order chi connectivity index (χ1) is 11.7. The van der Waals surface area contributed by atoms with Crippen molar-refractivity contribution < 1.29 is 4.74 Å². The van der Waals surface area contributed by atoms with Crippen LogP contribution in [0.5, 0.6) is 5.75 Å². The van der Waals surface area contributed by atoms with Gasteiger partial charge in [0.15, 0.2) is 5.96 Å². The Morgan fingerprint density at radius 3 is 2.83 bits per heavy atom. The van der Waals surface area contributed by atoms with Crippen LogP contribution in [-0.4, -0.2) is 43.0 Å². The van der Waals surface area contributed by atoms with E-state index < -0.39 is 0 Å². The van der Waals surface area contributed by atoms with Gasteiger partial charge in [0.2, 0.25) is 0 Å². The second-order valence-corrected chi connectivity index (χ2v) is 5.66. The summed E-state index contributed by atoms with van der Waals surface area (Å²) in [5.41, 5.74) is 1.08. The molecule has 24 heavy (non-hydrogen) atoms. The van der Waals surface area contributed by atoms with Gasteiger partial charge in [0, 0.05) is 44.1 Å². The fourth-order valence-corrected chi connectivity index (χ4v) is 2.54. The van der Waals surface area contributed by atoms with E-state index >= 15 is 0 Å². The summed E-state index contributed by atoms with van der Waals surface area (Å²) in [6.45, 7) is 2.48. The predicted molar refractivity (Wildman–Crippen MR) is 97.9 cm³/mol. The zero-order valence-corrected chi connectivity index (χ0v) is 14.9. The molecule has 0 aliphatic carbocycles. The first kappa shape index (κ1) is 18.1. The number of halogens is 1. The molecule has 1 heterocycles. The van der Waals surface area contributed by atoms with Crippen molar-refractivity contribution in [3.05, 3.63) is 47.2 Å². The van der Waals surface area contributed by atoms with Crippen LogP contribution in [0.25, 0.3) is 0 Å². The van der Waals surface area contributed by atoms with Crippen molar-refractivity contribution in [1.82, 2.24) is 20.4 Å². The maximum Gasteiger partial charge on any atom is 0.190 e. The fraction of sp³-hybridized carbons (Fsp3) is 0.412. The Morgan fingerprint density at radius 2 is 2.17 bits per heavy atom. The maximum atomic E-state index is 6.25. The molecule has 1 aromatic heterocycles. The number of ether oxygens (including phenoxy) is 1. The largest absolute Gasteiger partial charge is 0.497 e. The van der Waals surface area contributed by atoms with Gasteiger partial charge in [0.05, 0.1) is 7.11 Å². The maximum absolute atomic E-state index is 6.25. The van der Waals surface area contributed by atoms with Crippen LogP contribution in [0, 0.1) is 0 Å². The quantitative estimate of drug-likeness (QED) is 0.436. The molecule has 0 aliphatic heterocycles. The molecule has 0 saturated carbocycles. The fourth-order valence-electron chi connectivity index (χ4n) is 2.27. The third-order valence-electron chi connectivity index (χ3n) is 3.59. The SMILES string of the molecule is CN=C(NCCCn1cccn1)NCCc1ccc(OC)cc1Cl. The number of hydrogen-bond donors (Lipinski definition) is 2. The van der Waals surface area contributed by atoms with Gasteiger partial charge in [-0.1, -0.05) is 17.7 Å². The number of aryl methyl sites for hydroxylation is 1. The summed E-state index contributed by atoms with van der Waals surface area (Å²) < 4.78 is 7.08. The van der Waals surface area contributed by atoms with Gasteiger partial charge in [-0.25, -0.2) is 0 Å². The monoisotopic (exact) mass is 349 g/mol. The molecule has 1 aromatic carbocycles. The molecule has 2 aromatic rings. The lowest BCUT2D eigenvalue weighted by molar-refractivity contribution is 0.414. The van der Waals surface area contributed by atoms with E-state index in [9.17, 15) is 0 Å². The second-order valence-electron chi connectivity index (χ2n) is 5.26. The molecule has 0 bridgehead atoms. The zero-order valence-electron chi connectivity index (χ0n) is 14.1. The molecule has 0 amide bonds. The molecule has 0 aliphatic rings. The van der Waals surface area contributed by atoms with Gasteiger partial charge in [0.25, 0.3) is 0 Å². The molecule has 2 N–H and O–H groups in total. The molecule has 0 radical (unpaired) electrons. The van der Waals surface area contributed by atoms with Gasteiger partial charge in [-0.2, -0.15) is 5.10 Å². The van der Waals surface area contributed by atoms with Crippen LogP contribution >= 0.6 is 11.6 Å². The number of nitrogens with zero attached hydrogens (tertiary/aromatic N) is 3. The number of nitrogens with one attached hydrogen (secondary N) is 2. The van der Waals surface area contributed by atoms with Crippen LogP contribution in [0.1, 0.15) is 12.0 Å². The Morgan fingerprint density at radius 1 is 1.33 bits per heavy atom. The van der Waals surface area contributed by atoms with E-state index in [2.05, 4.69) is 20.7 Å². The van der Waals surface area contributed by atoms with E-state index in [1.807, 2.05) is 35.1 Å². The van der Waals surface area contributed by atoms with Crippen LogP contribution < -0.4 is 15.4 Å². The van der Waals surface area contributed by atoms with Gasteiger partial charge >= 0.3 is 0 Å². The predicted octanol–water partition coefficient (Wildman–Crippen LogP) is 2.34. The molecule has 6 nitrogen and oxygen atoms in total. The van der Waals surface area contributed by atoms with Crippen LogP contribution in [0.4, 0.5) is 0 Å². The van der Waals surface area contributed by atoms with E-state index in [1.165, 1.54) is 0 Å². The van der Waals surface area contributed by atoms with Crippen molar-refractivity contribution in [2.24, 2.45) is 4.99 Å². The van der Waals surface area contributed by atoms with Gasteiger partial charge < -0.3 is 15.4 Å². The molecular weight excluding hydrogens is 326 g/mol. The van der Waals surface area contributed by atoms with Crippen molar-refractivity contribution in [1.29, 1.82) is 0 Å². The molecule has 0 atom stereocenters. The van der Waals surface area contributed by atoms with E-state index in [0.717, 1.165) is 54.8 Å². The number of guanidine groups is 1. The van der Waals surface area contributed by atoms with Crippen molar-refractivity contribution in [3.63, 3.8) is 0 Å². The van der Waals surface area contributed by atoms with Crippen molar-refractivity contribution in [3.8, 4) is 5.75 Å². The molecule has 0 saturated heterocycles. The van der Waals surface area contributed by atoms with Crippen LogP contribution in [0.3, 0.4) is 0 Å². The van der Waals surface area contributed by atoms with Crippen LogP contribution in [-0.2, 0) is 13.0 Å². The highest BCUT2D eigenvalue weighted by Gasteiger charge is 2.03. The lowest BCUT2D eigenvalue weighted by Gasteiger charge is -2.12. The molecular formula is C17H24ClN5O. The minimum absolute atomic E-state index is 0.721. The van der Waals surface area contributed by atoms with Gasteiger partial charge in [-0.05, 0) is 36.6 Å². The lowest BCUT2D eigenvalue weighted by atomic mass is 10.1. The third kappa shape index (κ3) is 5.77. The van der Waals surface area contributed by atoms with E-state index in [1.54, 1.807) is 20.4 Å². The Kier molecular flexibility index (Phi) is 7.42. The summed E-state index contributed by atoms with van der Waals surface area (Å²) in [5.74, 6) is 1.56. The number of aliphatic imine (C=N–C) groups is 1. The topological polar surface area (TPSA) is 63.5 Å². The molecule has 0 spiro atoms. The second kappa shape index (κ2) is 9.82. The highest BCUT2D eigenvalue weighted by atomic mass is 35.5. The van der Waals surface area contributed by atoms with Gasteiger partial charge in [-0.3, -0.25) is 9.67 Å². The number of hydrogen-bond acceptors (Lipinski definition) is 3. The highest BCUT2D eigenvalue weighted by Crippen LogP contribution is 2.22. The number of rotatable bonds is 8. The Balaban J connectivity index is 1.67. The Labute approximate surface area is 147 Å². The molecule has 0 unspecified atom stereocenters. The molecule has 7 heteroatoms. The van der Waals surface area contributed by atoms with Gasteiger partial charge in [-0.15, -0.1) is 0 Å². The van der Waals surface area contributed by atoms with Crippen molar-refractivity contribution in [2.75, 3.05) is 27.2 Å². The summed E-state index contributed by atoms with van der Waals surface area (Å²) in [6.07, 6.45) is 5.55. The summed E-state index contributed by atoms with van der Waals surface area (Å²) in [6, 6.07) is 7.67. The number of benzene rings is 1.